The largest absolute Gasteiger partial charge is 0.307 e. The van der Waals surface area contributed by atoms with Crippen LogP contribution in [0.4, 0.5) is 0 Å². The van der Waals surface area contributed by atoms with Crippen molar-refractivity contribution >= 4 is 15.9 Å². The standard InChI is InChI=1S/C18H26BrN/c1-13(17-8-4-5-9-18(17)19)20-16-11-10-14-6-2-3-7-15(14)12-16/h4-5,8-9,13-16,20H,2-3,6-7,10-12H2,1H3/t13-,14?,15?,16?/m0/s1. The van der Waals surface area contributed by atoms with Crippen LogP contribution in [0, 0.1) is 11.8 Å². The van der Waals surface area contributed by atoms with Gasteiger partial charge in [0.05, 0.1) is 0 Å². The van der Waals surface area contributed by atoms with Crippen LogP contribution in [0.15, 0.2) is 28.7 Å². The highest BCUT2D eigenvalue weighted by molar-refractivity contribution is 9.10. The van der Waals surface area contributed by atoms with E-state index in [2.05, 4.69) is 52.4 Å². The quantitative estimate of drug-likeness (QED) is 0.773. The van der Waals surface area contributed by atoms with Gasteiger partial charge >= 0.3 is 0 Å². The Balaban J connectivity index is 1.59. The summed E-state index contributed by atoms with van der Waals surface area (Å²) in [6, 6.07) is 9.76. The van der Waals surface area contributed by atoms with E-state index >= 15 is 0 Å². The number of hydrogen-bond donors (Lipinski definition) is 1. The second-order valence-electron chi connectivity index (χ2n) is 6.72. The molecule has 2 fully saturated rings. The van der Waals surface area contributed by atoms with E-state index in [0.29, 0.717) is 6.04 Å². The molecule has 110 valence electrons. The summed E-state index contributed by atoms with van der Waals surface area (Å²) in [5, 5.41) is 3.88. The Hall–Kier alpha value is -0.340. The van der Waals surface area contributed by atoms with E-state index in [0.717, 1.165) is 17.9 Å². The van der Waals surface area contributed by atoms with E-state index in [1.165, 1.54) is 55.0 Å². The minimum absolute atomic E-state index is 0.440. The molecule has 0 heterocycles. The molecular weight excluding hydrogens is 310 g/mol. The topological polar surface area (TPSA) is 12.0 Å². The number of nitrogens with one attached hydrogen (secondary N) is 1. The molecule has 2 saturated carbocycles. The van der Waals surface area contributed by atoms with E-state index in [1.807, 2.05) is 0 Å². The van der Waals surface area contributed by atoms with Crippen LogP contribution in [0.1, 0.15) is 63.5 Å². The predicted molar refractivity (Wildman–Crippen MR) is 88.8 cm³/mol. The maximum atomic E-state index is 3.88. The SMILES string of the molecule is C[C@H](NC1CCC2CCCCC2C1)c1ccccc1Br. The molecule has 2 aliphatic rings. The van der Waals surface area contributed by atoms with Crippen molar-refractivity contribution in [3.63, 3.8) is 0 Å². The maximum absolute atomic E-state index is 3.88. The molecule has 2 aliphatic carbocycles. The molecule has 1 aromatic rings. The summed E-state index contributed by atoms with van der Waals surface area (Å²) in [5.41, 5.74) is 1.39. The summed E-state index contributed by atoms with van der Waals surface area (Å²) in [5.74, 6) is 2.04. The van der Waals surface area contributed by atoms with Crippen molar-refractivity contribution in [2.75, 3.05) is 0 Å². The third-order valence-corrected chi connectivity index (χ3v) is 6.12. The van der Waals surface area contributed by atoms with Crippen molar-refractivity contribution in [2.24, 2.45) is 11.8 Å². The third-order valence-electron chi connectivity index (χ3n) is 5.40. The molecule has 0 saturated heterocycles. The highest BCUT2D eigenvalue weighted by atomic mass is 79.9. The number of halogens is 1. The smallest absolute Gasteiger partial charge is 0.0305 e. The molecule has 0 radical (unpaired) electrons. The summed E-state index contributed by atoms with van der Waals surface area (Å²) in [4.78, 5) is 0. The first-order chi connectivity index (χ1) is 9.74. The van der Waals surface area contributed by atoms with Gasteiger partial charge in [-0.15, -0.1) is 0 Å². The molecule has 1 aromatic carbocycles. The minimum Gasteiger partial charge on any atom is -0.307 e. The number of benzene rings is 1. The Labute approximate surface area is 131 Å². The Morgan fingerprint density at radius 1 is 1.05 bits per heavy atom. The molecule has 3 rings (SSSR count). The fraction of sp³-hybridized carbons (Fsp3) is 0.667. The molecule has 3 unspecified atom stereocenters. The summed E-state index contributed by atoms with van der Waals surface area (Å²) in [6.45, 7) is 2.30. The Morgan fingerprint density at radius 3 is 2.60 bits per heavy atom. The number of fused-ring (bicyclic) bond motifs is 1. The van der Waals surface area contributed by atoms with Crippen molar-refractivity contribution in [3.05, 3.63) is 34.3 Å². The molecule has 4 atom stereocenters. The second kappa shape index (κ2) is 6.62. The Bertz CT molecular complexity index is 445. The lowest BCUT2D eigenvalue weighted by Crippen LogP contribution is -2.39. The van der Waals surface area contributed by atoms with Crippen LogP contribution >= 0.6 is 15.9 Å². The highest BCUT2D eigenvalue weighted by Gasteiger charge is 2.32. The van der Waals surface area contributed by atoms with Crippen LogP contribution in [0.2, 0.25) is 0 Å². The van der Waals surface area contributed by atoms with Gasteiger partial charge in [0.15, 0.2) is 0 Å². The molecule has 0 aromatic heterocycles. The first-order valence-corrected chi connectivity index (χ1v) is 9.04. The lowest BCUT2D eigenvalue weighted by molar-refractivity contribution is 0.139. The average molecular weight is 336 g/mol. The Kier molecular flexibility index (Phi) is 4.83. The fourth-order valence-corrected chi connectivity index (χ4v) is 4.92. The zero-order valence-corrected chi connectivity index (χ0v) is 14.0. The normalized spacial score (nSPS) is 31.6. The average Bonchev–Trinajstić information content (AvgIpc) is 2.47. The summed E-state index contributed by atoms with van der Waals surface area (Å²) in [7, 11) is 0. The van der Waals surface area contributed by atoms with Gasteiger partial charge in [0, 0.05) is 16.6 Å². The molecule has 1 N–H and O–H groups in total. The Morgan fingerprint density at radius 2 is 1.80 bits per heavy atom. The van der Waals surface area contributed by atoms with Crippen molar-refractivity contribution in [2.45, 2.75) is 64.0 Å². The van der Waals surface area contributed by atoms with Gasteiger partial charge in [-0.1, -0.05) is 59.8 Å². The second-order valence-corrected chi connectivity index (χ2v) is 7.58. The monoisotopic (exact) mass is 335 g/mol. The van der Waals surface area contributed by atoms with Gasteiger partial charge in [-0.05, 0) is 49.7 Å². The van der Waals surface area contributed by atoms with Crippen LogP contribution in [0.5, 0.6) is 0 Å². The van der Waals surface area contributed by atoms with Crippen molar-refractivity contribution in [1.29, 1.82) is 0 Å². The van der Waals surface area contributed by atoms with E-state index in [1.54, 1.807) is 0 Å². The van der Waals surface area contributed by atoms with Gasteiger partial charge < -0.3 is 5.32 Å². The van der Waals surface area contributed by atoms with E-state index in [4.69, 9.17) is 0 Å². The summed E-state index contributed by atoms with van der Waals surface area (Å²) in [6.07, 6.45) is 10.1. The molecule has 20 heavy (non-hydrogen) atoms. The van der Waals surface area contributed by atoms with Crippen LogP contribution < -0.4 is 5.32 Å². The molecular formula is C18H26BrN. The molecule has 0 spiro atoms. The van der Waals surface area contributed by atoms with Crippen LogP contribution in [0.3, 0.4) is 0 Å². The summed E-state index contributed by atoms with van der Waals surface area (Å²) >= 11 is 3.68. The lowest BCUT2D eigenvalue weighted by Gasteiger charge is -2.40. The minimum atomic E-state index is 0.440. The third kappa shape index (κ3) is 3.28. The van der Waals surface area contributed by atoms with Gasteiger partial charge in [0.25, 0.3) is 0 Å². The molecule has 0 bridgehead atoms. The first kappa shape index (κ1) is 14.6. The molecule has 2 heteroatoms. The lowest BCUT2D eigenvalue weighted by atomic mass is 9.69. The molecule has 0 amide bonds. The van der Waals surface area contributed by atoms with Gasteiger partial charge in [-0.3, -0.25) is 0 Å². The summed E-state index contributed by atoms with van der Waals surface area (Å²) < 4.78 is 1.23. The van der Waals surface area contributed by atoms with E-state index < -0.39 is 0 Å². The molecule has 1 nitrogen and oxygen atoms in total. The van der Waals surface area contributed by atoms with Crippen LogP contribution in [-0.4, -0.2) is 6.04 Å². The van der Waals surface area contributed by atoms with Crippen LogP contribution in [-0.2, 0) is 0 Å². The zero-order valence-electron chi connectivity index (χ0n) is 12.4. The van der Waals surface area contributed by atoms with Gasteiger partial charge in [0.2, 0.25) is 0 Å². The fourth-order valence-electron chi connectivity index (χ4n) is 4.29. The van der Waals surface area contributed by atoms with Crippen molar-refractivity contribution in [1.82, 2.24) is 5.32 Å². The van der Waals surface area contributed by atoms with Crippen molar-refractivity contribution in [3.8, 4) is 0 Å². The predicted octanol–water partition coefficient (Wildman–Crippen LogP) is 5.46. The van der Waals surface area contributed by atoms with E-state index in [-0.39, 0.29) is 0 Å². The first-order valence-electron chi connectivity index (χ1n) is 8.24. The zero-order chi connectivity index (χ0) is 13.9. The number of rotatable bonds is 3. The van der Waals surface area contributed by atoms with Crippen molar-refractivity contribution < 1.29 is 0 Å². The van der Waals surface area contributed by atoms with Crippen LogP contribution in [0.25, 0.3) is 0 Å². The number of hydrogen-bond acceptors (Lipinski definition) is 1. The molecule has 0 aliphatic heterocycles. The highest BCUT2D eigenvalue weighted by Crippen LogP contribution is 2.41. The van der Waals surface area contributed by atoms with E-state index in [9.17, 15) is 0 Å². The van der Waals surface area contributed by atoms with Gasteiger partial charge in [0.1, 0.15) is 0 Å². The van der Waals surface area contributed by atoms with Gasteiger partial charge in [-0.2, -0.15) is 0 Å². The maximum Gasteiger partial charge on any atom is 0.0305 e. The van der Waals surface area contributed by atoms with Gasteiger partial charge in [-0.25, -0.2) is 0 Å².